The lowest BCUT2D eigenvalue weighted by molar-refractivity contribution is -0.160. The number of carbonyl (C=O) groups excluding carboxylic acids is 2. The van der Waals surface area contributed by atoms with E-state index in [1.165, 1.54) is 11.8 Å². The van der Waals surface area contributed by atoms with Gasteiger partial charge in [-0.15, -0.1) is 0 Å². The zero-order chi connectivity index (χ0) is 23.4. The van der Waals surface area contributed by atoms with Crippen molar-refractivity contribution in [2.75, 3.05) is 0 Å². The highest BCUT2D eigenvalue weighted by molar-refractivity contribution is 6.31. The summed E-state index contributed by atoms with van der Waals surface area (Å²) < 4.78 is 11.3. The van der Waals surface area contributed by atoms with Gasteiger partial charge in [0.25, 0.3) is 5.91 Å². The minimum absolute atomic E-state index is 0.0578. The third-order valence-electron chi connectivity index (χ3n) is 4.90. The Labute approximate surface area is 200 Å². The standard InChI is InChI=1S/C25H20Cl2N2O4/c1-16(30)32-24(18-7-3-2-4-8-18)25(31)29(14-17-6-5-9-19(26)12-17)15-23-28-21-13-20(27)10-11-22(21)33-23/h2-13,24H,14-15H2,1H3. The minimum atomic E-state index is -1.11. The van der Waals surface area contributed by atoms with Gasteiger partial charge in [0.05, 0.1) is 6.54 Å². The predicted molar refractivity (Wildman–Crippen MR) is 126 cm³/mol. The second-order valence-electron chi connectivity index (χ2n) is 7.44. The summed E-state index contributed by atoms with van der Waals surface area (Å²) in [4.78, 5) is 31.5. The van der Waals surface area contributed by atoms with Crippen LogP contribution in [-0.4, -0.2) is 21.8 Å². The van der Waals surface area contributed by atoms with Crippen LogP contribution in [0.1, 0.15) is 30.0 Å². The molecule has 0 saturated heterocycles. The number of carbonyl (C=O) groups is 2. The van der Waals surface area contributed by atoms with Gasteiger partial charge in [-0.05, 0) is 35.9 Å². The molecule has 0 radical (unpaired) electrons. The van der Waals surface area contributed by atoms with Crippen LogP contribution in [0.5, 0.6) is 0 Å². The van der Waals surface area contributed by atoms with Gasteiger partial charge in [0.2, 0.25) is 12.0 Å². The smallest absolute Gasteiger partial charge is 0.303 e. The van der Waals surface area contributed by atoms with E-state index in [4.69, 9.17) is 32.4 Å². The Balaban J connectivity index is 1.69. The molecule has 1 atom stereocenters. The maximum absolute atomic E-state index is 13.7. The van der Waals surface area contributed by atoms with Crippen LogP contribution in [0.15, 0.2) is 77.2 Å². The van der Waals surface area contributed by atoms with E-state index in [0.717, 1.165) is 5.56 Å². The van der Waals surface area contributed by atoms with Gasteiger partial charge in [0.1, 0.15) is 5.52 Å². The Morgan fingerprint density at radius 1 is 0.970 bits per heavy atom. The number of benzene rings is 3. The fourth-order valence-corrected chi connectivity index (χ4v) is 3.85. The van der Waals surface area contributed by atoms with Gasteiger partial charge in [0, 0.05) is 29.1 Å². The van der Waals surface area contributed by atoms with Crippen molar-refractivity contribution < 1.29 is 18.7 Å². The predicted octanol–water partition coefficient (Wildman–Crippen LogP) is 5.97. The highest BCUT2D eigenvalue weighted by Crippen LogP contribution is 2.26. The van der Waals surface area contributed by atoms with Crippen LogP contribution < -0.4 is 0 Å². The molecule has 8 heteroatoms. The van der Waals surface area contributed by atoms with Crippen molar-refractivity contribution >= 4 is 46.2 Å². The van der Waals surface area contributed by atoms with Crippen LogP contribution in [0, 0.1) is 0 Å². The van der Waals surface area contributed by atoms with E-state index in [1.807, 2.05) is 18.2 Å². The van der Waals surface area contributed by atoms with Crippen molar-refractivity contribution in [1.29, 1.82) is 0 Å². The molecule has 1 heterocycles. The fraction of sp³-hybridized carbons (Fsp3) is 0.160. The average Bonchev–Trinajstić information content (AvgIpc) is 3.18. The second kappa shape index (κ2) is 10.1. The van der Waals surface area contributed by atoms with Gasteiger partial charge in [-0.2, -0.15) is 0 Å². The first-order valence-corrected chi connectivity index (χ1v) is 10.9. The van der Waals surface area contributed by atoms with Crippen LogP contribution in [0.3, 0.4) is 0 Å². The van der Waals surface area contributed by atoms with Crippen LogP contribution >= 0.6 is 23.2 Å². The Kier molecular flexibility index (Phi) is 6.96. The Morgan fingerprint density at radius 2 is 1.73 bits per heavy atom. The van der Waals surface area contributed by atoms with Gasteiger partial charge in [-0.1, -0.05) is 65.7 Å². The molecular weight excluding hydrogens is 463 g/mol. The zero-order valence-corrected chi connectivity index (χ0v) is 19.2. The Morgan fingerprint density at radius 3 is 2.45 bits per heavy atom. The van der Waals surface area contributed by atoms with Crippen LogP contribution in [0.2, 0.25) is 10.0 Å². The number of oxazole rings is 1. The number of hydrogen-bond acceptors (Lipinski definition) is 5. The van der Waals surface area contributed by atoms with Crippen LogP contribution in [-0.2, 0) is 27.4 Å². The summed E-state index contributed by atoms with van der Waals surface area (Å²) in [5.74, 6) is -0.634. The number of aromatic nitrogens is 1. The quantitative estimate of drug-likeness (QED) is 0.303. The zero-order valence-electron chi connectivity index (χ0n) is 17.7. The van der Waals surface area contributed by atoms with Crippen LogP contribution in [0.25, 0.3) is 11.1 Å². The summed E-state index contributed by atoms with van der Waals surface area (Å²) in [6.45, 7) is 1.54. The summed E-state index contributed by atoms with van der Waals surface area (Å²) in [6, 6.07) is 21.2. The maximum atomic E-state index is 13.7. The third kappa shape index (κ3) is 5.72. The number of nitrogens with zero attached hydrogens (tertiary/aromatic N) is 2. The van der Waals surface area contributed by atoms with E-state index < -0.39 is 18.0 Å². The monoisotopic (exact) mass is 482 g/mol. The van der Waals surface area contributed by atoms with E-state index >= 15 is 0 Å². The third-order valence-corrected chi connectivity index (χ3v) is 5.37. The van der Waals surface area contributed by atoms with E-state index in [9.17, 15) is 9.59 Å². The summed E-state index contributed by atoms with van der Waals surface area (Å²) in [5.41, 5.74) is 2.53. The molecule has 1 amide bonds. The number of rotatable bonds is 7. The normalized spacial score (nSPS) is 11.8. The lowest BCUT2D eigenvalue weighted by atomic mass is 10.1. The van der Waals surface area contributed by atoms with E-state index in [0.29, 0.717) is 32.6 Å². The SMILES string of the molecule is CC(=O)OC(C(=O)N(Cc1cccc(Cl)c1)Cc1nc2cc(Cl)ccc2o1)c1ccccc1. The number of ether oxygens (including phenoxy) is 1. The van der Waals surface area contributed by atoms with Crippen molar-refractivity contribution in [3.05, 3.63) is 99.9 Å². The number of halogens is 2. The molecule has 0 aliphatic carbocycles. The fourth-order valence-electron chi connectivity index (χ4n) is 3.47. The van der Waals surface area contributed by atoms with E-state index in [1.54, 1.807) is 54.6 Å². The summed E-state index contributed by atoms with van der Waals surface area (Å²) in [6.07, 6.45) is -1.11. The molecule has 4 aromatic rings. The Hall–Kier alpha value is -3.35. The topological polar surface area (TPSA) is 72.6 Å². The van der Waals surface area contributed by atoms with E-state index in [-0.39, 0.29) is 13.1 Å². The molecule has 0 fully saturated rings. The number of amides is 1. The molecule has 6 nitrogen and oxygen atoms in total. The number of esters is 1. The highest BCUT2D eigenvalue weighted by Gasteiger charge is 2.30. The minimum Gasteiger partial charge on any atom is -0.447 e. The molecule has 168 valence electrons. The summed E-state index contributed by atoms with van der Waals surface area (Å²) in [7, 11) is 0. The van der Waals surface area contributed by atoms with Gasteiger partial charge in [-0.3, -0.25) is 9.59 Å². The Bertz CT molecular complexity index is 1290. The molecule has 0 saturated carbocycles. The molecule has 4 rings (SSSR count). The van der Waals surface area contributed by atoms with Gasteiger partial charge < -0.3 is 14.1 Å². The number of hydrogen-bond donors (Lipinski definition) is 0. The van der Waals surface area contributed by atoms with Crippen molar-refractivity contribution in [3.8, 4) is 0 Å². The van der Waals surface area contributed by atoms with Crippen molar-refractivity contribution in [2.24, 2.45) is 0 Å². The van der Waals surface area contributed by atoms with Crippen molar-refractivity contribution in [3.63, 3.8) is 0 Å². The molecule has 3 aromatic carbocycles. The molecule has 0 N–H and O–H groups in total. The molecule has 0 aliphatic heterocycles. The molecule has 33 heavy (non-hydrogen) atoms. The van der Waals surface area contributed by atoms with Crippen molar-refractivity contribution in [1.82, 2.24) is 9.88 Å². The molecule has 0 aliphatic rings. The van der Waals surface area contributed by atoms with Gasteiger partial charge in [-0.25, -0.2) is 4.98 Å². The molecule has 1 aromatic heterocycles. The number of fused-ring (bicyclic) bond motifs is 1. The van der Waals surface area contributed by atoms with Gasteiger partial charge >= 0.3 is 5.97 Å². The molecular formula is C25H20Cl2N2O4. The first kappa shape index (κ1) is 22.8. The molecule has 0 bridgehead atoms. The first-order valence-electron chi connectivity index (χ1n) is 10.2. The first-order chi connectivity index (χ1) is 15.9. The molecule has 0 spiro atoms. The van der Waals surface area contributed by atoms with Crippen molar-refractivity contribution in [2.45, 2.75) is 26.1 Å². The highest BCUT2D eigenvalue weighted by atomic mass is 35.5. The van der Waals surface area contributed by atoms with Crippen LogP contribution in [0.4, 0.5) is 0 Å². The lowest BCUT2D eigenvalue weighted by Gasteiger charge is -2.26. The maximum Gasteiger partial charge on any atom is 0.303 e. The summed E-state index contributed by atoms with van der Waals surface area (Å²) >= 11 is 12.2. The molecule has 1 unspecified atom stereocenters. The lowest BCUT2D eigenvalue weighted by Crippen LogP contribution is -2.36. The average molecular weight is 483 g/mol. The second-order valence-corrected chi connectivity index (χ2v) is 8.32. The largest absolute Gasteiger partial charge is 0.447 e. The van der Waals surface area contributed by atoms with Gasteiger partial charge in [0.15, 0.2) is 5.58 Å². The van der Waals surface area contributed by atoms with E-state index in [2.05, 4.69) is 4.98 Å². The summed E-state index contributed by atoms with van der Waals surface area (Å²) in [5, 5.41) is 1.09.